The quantitative estimate of drug-likeness (QED) is 0.301. The average molecular weight is 494 g/mol. The number of nitrogens with zero attached hydrogens (tertiary/aromatic N) is 2. The van der Waals surface area contributed by atoms with Crippen molar-refractivity contribution in [2.24, 2.45) is 0 Å². The topological polar surface area (TPSA) is 56.1 Å². The monoisotopic (exact) mass is 493 g/mol. The highest BCUT2D eigenvalue weighted by atomic mass is 35.5. The van der Waals surface area contributed by atoms with E-state index in [1.165, 1.54) is 0 Å². The van der Waals surface area contributed by atoms with Gasteiger partial charge in [0, 0.05) is 32.9 Å². The molecule has 0 saturated heterocycles. The Bertz CT molecular complexity index is 1290. The van der Waals surface area contributed by atoms with Crippen LogP contribution in [-0.4, -0.2) is 15.7 Å². The molecule has 0 unspecified atom stereocenters. The molecule has 0 radical (unpaired) electrons. The van der Waals surface area contributed by atoms with Crippen LogP contribution < -0.4 is 10.1 Å². The first-order valence-electron chi connectivity index (χ1n) is 10.9. The molecule has 1 amide bonds. The van der Waals surface area contributed by atoms with E-state index in [4.69, 9.17) is 27.9 Å². The highest BCUT2D eigenvalue weighted by molar-refractivity contribution is 6.36. The van der Waals surface area contributed by atoms with Gasteiger partial charge in [-0.25, -0.2) is 0 Å². The first-order valence-corrected chi connectivity index (χ1v) is 11.6. The van der Waals surface area contributed by atoms with Gasteiger partial charge in [0.1, 0.15) is 12.4 Å². The van der Waals surface area contributed by atoms with Crippen molar-refractivity contribution in [3.8, 4) is 5.75 Å². The van der Waals surface area contributed by atoms with Crippen LogP contribution in [0.1, 0.15) is 38.3 Å². The Labute approximate surface area is 209 Å². The molecule has 34 heavy (non-hydrogen) atoms. The number of hydrogen-bond donors (Lipinski definition) is 1. The molecule has 3 aromatic carbocycles. The number of amides is 1. The lowest BCUT2D eigenvalue weighted by Gasteiger charge is -2.12. The Morgan fingerprint density at radius 3 is 2.21 bits per heavy atom. The van der Waals surface area contributed by atoms with Gasteiger partial charge in [-0.15, -0.1) is 0 Å². The normalized spacial score (nSPS) is 10.9. The lowest BCUT2D eigenvalue weighted by molar-refractivity contribution is 0.102. The Kier molecular flexibility index (Phi) is 7.25. The number of rotatable bonds is 7. The van der Waals surface area contributed by atoms with Crippen LogP contribution in [0.15, 0.2) is 66.7 Å². The third kappa shape index (κ3) is 5.44. The van der Waals surface area contributed by atoms with E-state index in [1.54, 1.807) is 35.0 Å². The molecule has 0 saturated carbocycles. The van der Waals surface area contributed by atoms with Gasteiger partial charge < -0.3 is 10.1 Å². The van der Waals surface area contributed by atoms with Crippen molar-refractivity contribution in [3.05, 3.63) is 110 Å². The maximum Gasteiger partial charge on any atom is 0.256 e. The van der Waals surface area contributed by atoms with Crippen LogP contribution in [0, 0.1) is 20.8 Å². The highest BCUT2D eigenvalue weighted by Gasteiger charge is 2.13. The SMILES string of the molecule is Cc1cccc(C)c1OCc1ccc(C(=O)Nc2cc(C)n(Cc3c(Cl)cccc3Cl)n2)cc1. The Morgan fingerprint density at radius 2 is 1.56 bits per heavy atom. The standard InChI is InChI=1S/C27H25Cl2N3O2/c1-17-6-4-7-18(2)26(17)34-16-20-10-12-21(13-11-20)27(33)30-25-14-19(3)32(31-25)15-22-23(28)8-5-9-24(22)29/h4-14H,15-16H2,1-3H3,(H,30,31,33). The minimum absolute atomic E-state index is 0.234. The fourth-order valence-corrected chi connectivity index (χ4v) is 4.20. The number of halogens is 2. The molecule has 0 atom stereocenters. The Hall–Kier alpha value is -3.28. The average Bonchev–Trinajstić information content (AvgIpc) is 3.15. The summed E-state index contributed by atoms with van der Waals surface area (Å²) < 4.78 is 7.76. The first kappa shape index (κ1) is 23.9. The highest BCUT2D eigenvalue weighted by Crippen LogP contribution is 2.26. The largest absolute Gasteiger partial charge is 0.488 e. The molecule has 7 heteroatoms. The van der Waals surface area contributed by atoms with E-state index >= 15 is 0 Å². The maximum atomic E-state index is 12.7. The number of para-hydroxylation sites is 1. The fraction of sp³-hybridized carbons (Fsp3) is 0.185. The molecule has 0 fully saturated rings. The van der Waals surface area contributed by atoms with E-state index in [-0.39, 0.29) is 5.91 Å². The molecule has 1 N–H and O–H groups in total. The molecule has 4 rings (SSSR count). The third-order valence-electron chi connectivity index (χ3n) is 5.60. The second kappa shape index (κ2) is 10.3. The molecule has 1 aromatic heterocycles. The van der Waals surface area contributed by atoms with Gasteiger partial charge in [0.2, 0.25) is 0 Å². The minimum Gasteiger partial charge on any atom is -0.488 e. The van der Waals surface area contributed by atoms with Crippen molar-refractivity contribution >= 4 is 34.9 Å². The summed E-state index contributed by atoms with van der Waals surface area (Å²) in [5.74, 6) is 1.13. The zero-order valence-corrected chi connectivity index (χ0v) is 20.7. The molecule has 0 aliphatic heterocycles. The molecular weight excluding hydrogens is 469 g/mol. The van der Waals surface area contributed by atoms with E-state index in [0.717, 1.165) is 33.7 Å². The Morgan fingerprint density at radius 1 is 0.941 bits per heavy atom. The number of benzene rings is 3. The van der Waals surface area contributed by atoms with Crippen LogP contribution in [0.5, 0.6) is 5.75 Å². The molecule has 174 valence electrons. The van der Waals surface area contributed by atoms with Crippen LogP contribution >= 0.6 is 23.2 Å². The van der Waals surface area contributed by atoms with Gasteiger partial charge in [0.25, 0.3) is 5.91 Å². The molecule has 0 bridgehead atoms. The molecule has 1 heterocycles. The summed E-state index contributed by atoms with van der Waals surface area (Å²) in [6.45, 7) is 6.82. The van der Waals surface area contributed by atoms with Crippen molar-refractivity contribution in [3.63, 3.8) is 0 Å². The summed E-state index contributed by atoms with van der Waals surface area (Å²) in [4.78, 5) is 12.7. The van der Waals surface area contributed by atoms with Crippen LogP contribution in [0.25, 0.3) is 0 Å². The van der Waals surface area contributed by atoms with E-state index in [0.29, 0.717) is 34.6 Å². The van der Waals surface area contributed by atoms with E-state index in [9.17, 15) is 4.79 Å². The van der Waals surface area contributed by atoms with E-state index in [1.807, 2.05) is 57.2 Å². The zero-order chi connectivity index (χ0) is 24.2. The second-order valence-corrected chi connectivity index (χ2v) is 9.00. The number of carbonyl (C=O) groups excluding carboxylic acids is 1. The molecule has 0 aliphatic rings. The summed E-state index contributed by atoms with van der Waals surface area (Å²) in [5, 5.41) is 8.51. The van der Waals surface area contributed by atoms with Gasteiger partial charge in [-0.05, 0) is 61.7 Å². The fourth-order valence-electron chi connectivity index (χ4n) is 3.69. The number of anilines is 1. The molecule has 0 aliphatic carbocycles. The van der Waals surface area contributed by atoms with E-state index < -0.39 is 0 Å². The smallest absolute Gasteiger partial charge is 0.256 e. The predicted molar refractivity (Wildman–Crippen MR) is 137 cm³/mol. The van der Waals surface area contributed by atoms with Crippen LogP contribution in [0.3, 0.4) is 0 Å². The molecule has 5 nitrogen and oxygen atoms in total. The van der Waals surface area contributed by atoms with Gasteiger partial charge in [-0.3, -0.25) is 9.48 Å². The van der Waals surface area contributed by atoms with Crippen molar-refractivity contribution in [2.45, 2.75) is 33.9 Å². The van der Waals surface area contributed by atoms with Gasteiger partial charge >= 0.3 is 0 Å². The zero-order valence-electron chi connectivity index (χ0n) is 19.2. The Balaban J connectivity index is 1.40. The number of nitrogens with one attached hydrogen (secondary N) is 1. The van der Waals surface area contributed by atoms with Gasteiger partial charge in [0.05, 0.1) is 6.54 Å². The summed E-state index contributed by atoms with van der Waals surface area (Å²) in [6, 6.07) is 20.6. The lowest BCUT2D eigenvalue weighted by Crippen LogP contribution is -2.13. The molecule has 4 aromatic rings. The van der Waals surface area contributed by atoms with Crippen molar-refractivity contribution in [1.29, 1.82) is 0 Å². The minimum atomic E-state index is -0.234. The first-order chi connectivity index (χ1) is 16.3. The maximum absolute atomic E-state index is 12.7. The van der Waals surface area contributed by atoms with Crippen LogP contribution in [0.4, 0.5) is 5.82 Å². The number of aryl methyl sites for hydroxylation is 3. The van der Waals surface area contributed by atoms with Crippen molar-refractivity contribution in [1.82, 2.24) is 9.78 Å². The second-order valence-electron chi connectivity index (χ2n) is 8.19. The van der Waals surface area contributed by atoms with E-state index in [2.05, 4.69) is 10.4 Å². The predicted octanol–water partition coefficient (Wildman–Crippen LogP) is 6.99. The van der Waals surface area contributed by atoms with Crippen LogP contribution in [0.2, 0.25) is 10.0 Å². The van der Waals surface area contributed by atoms with Crippen molar-refractivity contribution in [2.75, 3.05) is 5.32 Å². The molecular formula is C27H25Cl2N3O2. The number of hydrogen-bond acceptors (Lipinski definition) is 3. The number of aromatic nitrogens is 2. The van der Waals surface area contributed by atoms with Gasteiger partial charge in [-0.1, -0.05) is 59.6 Å². The van der Waals surface area contributed by atoms with Gasteiger partial charge in [-0.2, -0.15) is 5.10 Å². The summed E-state index contributed by atoms with van der Waals surface area (Å²) in [5.41, 5.74) is 5.39. The number of ether oxygens (including phenoxy) is 1. The third-order valence-corrected chi connectivity index (χ3v) is 6.31. The van der Waals surface area contributed by atoms with Crippen molar-refractivity contribution < 1.29 is 9.53 Å². The summed E-state index contributed by atoms with van der Waals surface area (Å²) in [6.07, 6.45) is 0. The molecule has 0 spiro atoms. The van der Waals surface area contributed by atoms with Crippen LogP contribution in [-0.2, 0) is 13.2 Å². The summed E-state index contributed by atoms with van der Waals surface area (Å²) >= 11 is 12.6. The van der Waals surface area contributed by atoms with Gasteiger partial charge in [0.15, 0.2) is 5.82 Å². The lowest BCUT2D eigenvalue weighted by atomic mass is 10.1. The number of carbonyl (C=O) groups is 1. The summed E-state index contributed by atoms with van der Waals surface area (Å²) in [7, 11) is 0.